The average Bonchev–Trinajstić information content (AvgIpc) is 3.13. The van der Waals surface area contributed by atoms with Crippen LogP contribution < -0.4 is 15.0 Å². The predicted octanol–water partition coefficient (Wildman–Crippen LogP) is 2.91. The van der Waals surface area contributed by atoms with E-state index in [2.05, 4.69) is 10.1 Å². The maximum absolute atomic E-state index is 13.2. The number of aliphatic imine (C=N–C) groups is 1. The number of benzene rings is 2. The number of aromatic nitrogens is 2. The summed E-state index contributed by atoms with van der Waals surface area (Å²) < 4.78 is 16.6. The second-order valence-electron chi connectivity index (χ2n) is 6.81. The van der Waals surface area contributed by atoms with Crippen LogP contribution in [0.1, 0.15) is 23.7 Å². The molecule has 0 unspecified atom stereocenters. The molecule has 0 fully saturated rings. The van der Waals surface area contributed by atoms with Crippen LogP contribution >= 0.6 is 0 Å². The Morgan fingerprint density at radius 3 is 2.39 bits per heavy atom. The molecule has 3 rings (SSSR count). The zero-order valence-corrected chi connectivity index (χ0v) is 18.0. The molecule has 31 heavy (non-hydrogen) atoms. The first-order valence-corrected chi connectivity index (χ1v) is 9.66. The van der Waals surface area contributed by atoms with E-state index in [0.29, 0.717) is 35.0 Å². The first kappa shape index (κ1) is 21.9. The minimum Gasteiger partial charge on any atom is -0.497 e. The Kier molecular flexibility index (Phi) is 6.92. The molecule has 1 N–H and O–H groups in total. The number of ether oxygens (including phenoxy) is 3. The van der Waals surface area contributed by atoms with Crippen molar-refractivity contribution in [1.82, 2.24) is 9.78 Å². The number of aromatic amines is 1. The lowest BCUT2D eigenvalue weighted by Crippen LogP contribution is -2.20. The maximum atomic E-state index is 13.2. The normalized spacial score (nSPS) is 11.3. The van der Waals surface area contributed by atoms with Crippen LogP contribution in [0.2, 0.25) is 0 Å². The molecule has 0 saturated heterocycles. The van der Waals surface area contributed by atoms with Crippen molar-refractivity contribution >= 4 is 11.7 Å². The number of nitrogens with one attached hydrogen (secondary N) is 1. The van der Waals surface area contributed by atoms with Crippen molar-refractivity contribution in [2.45, 2.75) is 19.9 Å². The van der Waals surface area contributed by atoms with Crippen LogP contribution in [-0.4, -0.2) is 42.8 Å². The molecule has 2 aromatic carbocycles. The van der Waals surface area contributed by atoms with E-state index in [4.69, 9.17) is 14.2 Å². The van der Waals surface area contributed by atoms with E-state index in [1.54, 1.807) is 45.4 Å². The van der Waals surface area contributed by atoms with Gasteiger partial charge in [0.1, 0.15) is 11.5 Å². The molecule has 0 aliphatic heterocycles. The highest BCUT2D eigenvalue weighted by Crippen LogP contribution is 2.16. The molecule has 1 aromatic heterocycles. The molecule has 162 valence electrons. The number of carbonyl (C=O) groups is 1. The quantitative estimate of drug-likeness (QED) is 0.444. The van der Waals surface area contributed by atoms with Gasteiger partial charge in [-0.3, -0.25) is 19.7 Å². The van der Waals surface area contributed by atoms with Crippen molar-refractivity contribution in [1.29, 1.82) is 0 Å². The smallest absolute Gasteiger partial charge is 0.311 e. The molecule has 0 aliphatic carbocycles. The van der Waals surface area contributed by atoms with Crippen LogP contribution in [0.15, 0.2) is 58.3 Å². The van der Waals surface area contributed by atoms with E-state index in [9.17, 15) is 9.59 Å². The number of nitrogens with zero attached hydrogens (tertiary/aromatic N) is 2. The Labute approximate surface area is 180 Å². The summed E-state index contributed by atoms with van der Waals surface area (Å²) in [6, 6.07) is 14.6. The highest BCUT2D eigenvalue weighted by molar-refractivity contribution is 6.00. The summed E-state index contributed by atoms with van der Waals surface area (Å²) in [6.45, 7) is 2.12. The van der Waals surface area contributed by atoms with Gasteiger partial charge in [-0.05, 0) is 48.9 Å². The summed E-state index contributed by atoms with van der Waals surface area (Å²) in [5.41, 5.74) is 2.58. The summed E-state index contributed by atoms with van der Waals surface area (Å²) in [5.74, 6) is 0.958. The van der Waals surface area contributed by atoms with Gasteiger partial charge in [-0.15, -0.1) is 0 Å². The molecule has 8 nitrogen and oxygen atoms in total. The summed E-state index contributed by atoms with van der Waals surface area (Å²) in [7, 11) is 4.49. The lowest BCUT2D eigenvalue weighted by molar-refractivity contribution is -0.139. The Morgan fingerprint density at radius 2 is 1.74 bits per heavy atom. The topological polar surface area (TPSA) is 94.9 Å². The van der Waals surface area contributed by atoms with E-state index < -0.39 is 5.97 Å². The summed E-state index contributed by atoms with van der Waals surface area (Å²) in [6.07, 6.45) is -0.0732. The van der Waals surface area contributed by atoms with Crippen molar-refractivity contribution in [2.75, 3.05) is 21.3 Å². The lowest BCUT2D eigenvalue weighted by Gasteiger charge is -2.04. The molecule has 0 spiro atoms. The first-order valence-electron chi connectivity index (χ1n) is 9.66. The first-order chi connectivity index (χ1) is 15.0. The van der Waals surface area contributed by atoms with Gasteiger partial charge in [-0.2, -0.15) is 0 Å². The maximum Gasteiger partial charge on any atom is 0.311 e. The second-order valence-corrected chi connectivity index (χ2v) is 6.81. The van der Waals surface area contributed by atoms with Gasteiger partial charge in [-0.25, -0.2) is 4.68 Å². The van der Waals surface area contributed by atoms with Crippen LogP contribution in [0.5, 0.6) is 11.5 Å². The Bertz CT molecular complexity index is 1140. The van der Waals surface area contributed by atoms with Crippen molar-refractivity contribution < 1.29 is 19.0 Å². The van der Waals surface area contributed by atoms with Crippen molar-refractivity contribution in [2.24, 2.45) is 4.99 Å². The van der Waals surface area contributed by atoms with E-state index >= 15 is 0 Å². The van der Waals surface area contributed by atoms with Crippen LogP contribution in [0, 0.1) is 0 Å². The third-order valence-electron chi connectivity index (χ3n) is 4.84. The monoisotopic (exact) mass is 423 g/mol. The number of esters is 1. The van der Waals surface area contributed by atoms with Crippen LogP contribution in [0.25, 0.3) is 5.69 Å². The highest BCUT2D eigenvalue weighted by Gasteiger charge is 2.20. The lowest BCUT2D eigenvalue weighted by atomic mass is 10.1. The van der Waals surface area contributed by atoms with Crippen LogP contribution in [-0.2, 0) is 22.5 Å². The molecule has 3 aromatic rings. The molecule has 0 bridgehead atoms. The fraction of sp³-hybridized carbons (Fsp3) is 0.261. The minimum absolute atomic E-state index is 0.0732. The predicted molar refractivity (Wildman–Crippen MR) is 118 cm³/mol. The van der Waals surface area contributed by atoms with Gasteiger partial charge in [0.2, 0.25) is 0 Å². The van der Waals surface area contributed by atoms with Gasteiger partial charge in [0.15, 0.2) is 0 Å². The minimum atomic E-state index is -0.454. The molecule has 0 saturated carbocycles. The SMILES string of the molecule is COC(=O)Cc1[nH]n(-c2ccc(OC)cc2)c(=O)c1C(C)=NCc1cccc(OC)c1. The van der Waals surface area contributed by atoms with Gasteiger partial charge >= 0.3 is 5.97 Å². The van der Waals surface area contributed by atoms with Crippen molar-refractivity contribution in [3.05, 3.63) is 75.7 Å². The molecule has 1 heterocycles. The number of H-pyrrole nitrogens is 1. The van der Waals surface area contributed by atoms with E-state index in [0.717, 1.165) is 11.3 Å². The Morgan fingerprint density at radius 1 is 1.03 bits per heavy atom. The van der Waals surface area contributed by atoms with Gasteiger partial charge in [0.05, 0.1) is 51.2 Å². The van der Waals surface area contributed by atoms with Crippen LogP contribution in [0.3, 0.4) is 0 Å². The largest absolute Gasteiger partial charge is 0.497 e. The molecule has 0 aliphatic rings. The molecule has 0 amide bonds. The van der Waals surface area contributed by atoms with Crippen LogP contribution in [0.4, 0.5) is 0 Å². The number of hydrogen-bond donors (Lipinski definition) is 1. The number of hydrogen-bond acceptors (Lipinski definition) is 6. The molecular weight excluding hydrogens is 398 g/mol. The fourth-order valence-corrected chi connectivity index (χ4v) is 3.17. The molecule has 0 atom stereocenters. The highest BCUT2D eigenvalue weighted by atomic mass is 16.5. The Balaban J connectivity index is 2.00. The third-order valence-corrected chi connectivity index (χ3v) is 4.84. The number of rotatable bonds is 8. The summed E-state index contributed by atoms with van der Waals surface area (Å²) >= 11 is 0. The molecule has 0 radical (unpaired) electrons. The zero-order valence-electron chi connectivity index (χ0n) is 18.0. The van der Waals surface area contributed by atoms with Gasteiger partial charge in [0.25, 0.3) is 5.56 Å². The molecular formula is C23H25N3O5. The summed E-state index contributed by atoms with van der Waals surface area (Å²) in [5, 5.41) is 3.03. The van der Waals surface area contributed by atoms with Gasteiger partial charge in [0, 0.05) is 5.71 Å². The standard InChI is InChI=1S/C23H25N3O5/c1-15(24-14-16-6-5-7-19(12-16)30-3)22-20(13-21(27)31-4)25-26(23(22)28)17-8-10-18(29-2)11-9-17/h5-12,25H,13-14H2,1-4H3. The average molecular weight is 423 g/mol. The summed E-state index contributed by atoms with van der Waals surface area (Å²) in [4.78, 5) is 29.7. The van der Waals surface area contributed by atoms with Crippen molar-refractivity contribution in [3.8, 4) is 17.2 Å². The van der Waals surface area contributed by atoms with Gasteiger partial charge < -0.3 is 14.2 Å². The van der Waals surface area contributed by atoms with E-state index in [1.807, 2.05) is 24.3 Å². The number of methoxy groups -OCH3 is 3. The fourth-order valence-electron chi connectivity index (χ4n) is 3.17. The van der Waals surface area contributed by atoms with Crippen molar-refractivity contribution in [3.63, 3.8) is 0 Å². The van der Waals surface area contributed by atoms with Gasteiger partial charge in [-0.1, -0.05) is 12.1 Å². The van der Waals surface area contributed by atoms with E-state index in [-0.39, 0.29) is 12.0 Å². The number of carbonyl (C=O) groups excluding carboxylic acids is 1. The zero-order chi connectivity index (χ0) is 22.4. The second kappa shape index (κ2) is 9.80. The third kappa shape index (κ3) is 5.03. The molecule has 8 heteroatoms. The van der Waals surface area contributed by atoms with E-state index in [1.165, 1.54) is 11.8 Å². The Hall–Kier alpha value is -3.81.